The van der Waals surface area contributed by atoms with E-state index in [9.17, 15) is 8.42 Å². The summed E-state index contributed by atoms with van der Waals surface area (Å²) in [6, 6.07) is 1.77. The lowest BCUT2D eigenvalue weighted by Crippen LogP contribution is -2.33. The number of nitrogens with one attached hydrogen (secondary N) is 3. The summed E-state index contributed by atoms with van der Waals surface area (Å²) >= 11 is 0. The monoisotopic (exact) mass is 313 g/mol. The van der Waals surface area contributed by atoms with Crippen molar-refractivity contribution in [3.05, 3.63) is 18.0 Å². The second kappa shape index (κ2) is 6.50. The molecule has 120 valence electrons. The second-order valence-corrected chi connectivity index (χ2v) is 8.48. The van der Waals surface area contributed by atoms with E-state index < -0.39 is 10.0 Å². The van der Waals surface area contributed by atoms with Crippen LogP contribution in [0.5, 0.6) is 0 Å². The first-order chi connectivity index (χ1) is 9.82. The Labute approximate surface area is 128 Å². The summed E-state index contributed by atoms with van der Waals surface area (Å²) in [6.45, 7) is 8.07. The van der Waals surface area contributed by atoms with Crippen molar-refractivity contribution in [2.45, 2.75) is 63.9 Å². The quantitative estimate of drug-likeness (QED) is 0.677. The highest BCUT2D eigenvalue weighted by Crippen LogP contribution is 2.37. The SMILES string of the molecule is CCCNCc1cc(S(=O)(=O)NC2CCC(C)(C)C2)c[nH]1. The summed E-state index contributed by atoms with van der Waals surface area (Å²) in [5.41, 5.74) is 1.14. The Kier molecular flexibility index (Phi) is 5.11. The Bertz CT molecular complexity index is 563. The van der Waals surface area contributed by atoms with Crippen LogP contribution in [-0.2, 0) is 16.6 Å². The average molecular weight is 313 g/mol. The molecule has 1 aromatic heterocycles. The lowest BCUT2D eigenvalue weighted by atomic mass is 9.92. The predicted molar refractivity (Wildman–Crippen MR) is 84.5 cm³/mol. The van der Waals surface area contributed by atoms with Crippen molar-refractivity contribution < 1.29 is 8.42 Å². The van der Waals surface area contributed by atoms with Crippen LogP contribution in [0.1, 0.15) is 52.1 Å². The third kappa shape index (κ3) is 4.56. The van der Waals surface area contributed by atoms with E-state index in [0.717, 1.165) is 37.9 Å². The first-order valence-electron chi connectivity index (χ1n) is 7.73. The van der Waals surface area contributed by atoms with Gasteiger partial charge >= 0.3 is 0 Å². The van der Waals surface area contributed by atoms with Crippen molar-refractivity contribution in [3.8, 4) is 0 Å². The Morgan fingerprint density at radius 3 is 2.81 bits per heavy atom. The van der Waals surface area contributed by atoms with Gasteiger partial charge in [-0.1, -0.05) is 20.8 Å². The van der Waals surface area contributed by atoms with Crippen LogP contribution in [0.4, 0.5) is 0 Å². The van der Waals surface area contributed by atoms with Crippen molar-refractivity contribution in [3.63, 3.8) is 0 Å². The molecule has 1 aromatic rings. The lowest BCUT2D eigenvalue weighted by molar-refractivity contribution is 0.372. The van der Waals surface area contributed by atoms with Crippen LogP contribution in [0.25, 0.3) is 0 Å². The molecule has 1 heterocycles. The fraction of sp³-hybridized carbons (Fsp3) is 0.733. The van der Waals surface area contributed by atoms with Crippen LogP contribution < -0.4 is 10.0 Å². The van der Waals surface area contributed by atoms with Crippen molar-refractivity contribution in [1.82, 2.24) is 15.0 Å². The van der Waals surface area contributed by atoms with Crippen LogP contribution in [0, 0.1) is 5.41 Å². The van der Waals surface area contributed by atoms with Crippen LogP contribution in [0.2, 0.25) is 0 Å². The third-order valence-electron chi connectivity index (χ3n) is 4.06. The molecule has 0 radical (unpaired) electrons. The van der Waals surface area contributed by atoms with E-state index in [-0.39, 0.29) is 11.5 Å². The van der Waals surface area contributed by atoms with E-state index in [1.54, 1.807) is 12.3 Å². The van der Waals surface area contributed by atoms with Gasteiger partial charge in [-0.15, -0.1) is 0 Å². The molecular weight excluding hydrogens is 286 g/mol. The summed E-state index contributed by atoms with van der Waals surface area (Å²) in [5, 5.41) is 3.25. The molecule has 1 fully saturated rings. The number of aromatic nitrogens is 1. The van der Waals surface area contributed by atoms with E-state index in [2.05, 4.69) is 35.8 Å². The smallest absolute Gasteiger partial charge is 0.242 e. The van der Waals surface area contributed by atoms with Gasteiger partial charge in [-0.2, -0.15) is 0 Å². The molecule has 1 aliphatic carbocycles. The Morgan fingerprint density at radius 2 is 2.19 bits per heavy atom. The number of rotatable bonds is 7. The zero-order chi connectivity index (χ0) is 15.5. The molecule has 0 aliphatic heterocycles. The maximum absolute atomic E-state index is 12.4. The van der Waals surface area contributed by atoms with Crippen molar-refractivity contribution in [2.75, 3.05) is 6.54 Å². The summed E-state index contributed by atoms with van der Waals surface area (Å²) < 4.78 is 27.6. The topological polar surface area (TPSA) is 74.0 Å². The van der Waals surface area contributed by atoms with Gasteiger partial charge in [0.25, 0.3) is 0 Å². The maximum Gasteiger partial charge on any atom is 0.242 e. The molecule has 5 nitrogen and oxygen atoms in total. The van der Waals surface area contributed by atoms with Gasteiger partial charge in [-0.25, -0.2) is 13.1 Å². The lowest BCUT2D eigenvalue weighted by Gasteiger charge is -2.17. The van der Waals surface area contributed by atoms with Crippen molar-refractivity contribution in [1.29, 1.82) is 0 Å². The Morgan fingerprint density at radius 1 is 1.43 bits per heavy atom. The normalized spacial score (nSPS) is 21.8. The molecule has 6 heteroatoms. The molecule has 0 bridgehead atoms. The molecule has 3 N–H and O–H groups in total. The highest BCUT2D eigenvalue weighted by molar-refractivity contribution is 7.89. The zero-order valence-electron chi connectivity index (χ0n) is 13.2. The minimum absolute atomic E-state index is 0.0570. The predicted octanol–water partition coefficient (Wildman–Crippen LogP) is 2.37. The number of hydrogen-bond donors (Lipinski definition) is 3. The minimum atomic E-state index is -3.41. The molecule has 0 spiro atoms. The summed E-state index contributed by atoms with van der Waals surface area (Å²) in [5.74, 6) is 0. The molecule has 2 rings (SSSR count). The van der Waals surface area contributed by atoms with Gasteiger partial charge in [0.05, 0.1) is 4.90 Å². The third-order valence-corrected chi connectivity index (χ3v) is 5.56. The number of aromatic amines is 1. The molecule has 1 atom stereocenters. The van der Waals surface area contributed by atoms with E-state index in [1.165, 1.54) is 0 Å². The van der Waals surface area contributed by atoms with Crippen LogP contribution in [0.15, 0.2) is 17.2 Å². The fourth-order valence-corrected chi connectivity index (χ4v) is 4.19. The van der Waals surface area contributed by atoms with E-state index in [1.807, 2.05) is 0 Å². The molecular formula is C15H27N3O2S. The summed E-state index contributed by atoms with van der Waals surface area (Å²) in [6.07, 6.45) is 5.53. The molecule has 0 amide bonds. The summed E-state index contributed by atoms with van der Waals surface area (Å²) in [4.78, 5) is 3.36. The number of sulfonamides is 1. The fourth-order valence-electron chi connectivity index (χ4n) is 2.90. The van der Waals surface area contributed by atoms with E-state index >= 15 is 0 Å². The van der Waals surface area contributed by atoms with E-state index in [0.29, 0.717) is 11.4 Å². The number of hydrogen-bond acceptors (Lipinski definition) is 3. The second-order valence-electron chi connectivity index (χ2n) is 6.76. The van der Waals surface area contributed by atoms with Gasteiger partial charge < -0.3 is 10.3 Å². The van der Waals surface area contributed by atoms with Crippen LogP contribution in [0.3, 0.4) is 0 Å². The first kappa shape index (κ1) is 16.5. The van der Waals surface area contributed by atoms with E-state index in [4.69, 9.17) is 0 Å². The molecule has 0 aromatic carbocycles. The molecule has 1 aliphatic rings. The number of H-pyrrole nitrogens is 1. The standard InChI is InChI=1S/C15H27N3O2S/c1-4-7-16-10-13-8-14(11-17-13)21(19,20)18-12-5-6-15(2,3)9-12/h8,11-12,16-18H,4-7,9-10H2,1-3H3. The Balaban J connectivity index is 1.96. The minimum Gasteiger partial charge on any atom is -0.363 e. The summed E-state index contributed by atoms with van der Waals surface area (Å²) in [7, 11) is -3.41. The van der Waals surface area contributed by atoms with Gasteiger partial charge in [-0.05, 0) is 43.7 Å². The van der Waals surface area contributed by atoms with Gasteiger partial charge in [0.2, 0.25) is 10.0 Å². The average Bonchev–Trinajstić information content (AvgIpc) is 2.97. The first-order valence-corrected chi connectivity index (χ1v) is 9.21. The van der Waals surface area contributed by atoms with Gasteiger partial charge in [0.15, 0.2) is 0 Å². The van der Waals surface area contributed by atoms with Crippen molar-refractivity contribution in [2.24, 2.45) is 5.41 Å². The van der Waals surface area contributed by atoms with Gasteiger partial charge in [-0.3, -0.25) is 0 Å². The molecule has 21 heavy (non-hydrogen) atoms. The Hall–Kier alpha value is -0.850. The van der Waals surface area contributed by atoms with Gasteiger partial charge in [0, 0.05) is 24.5 Å². The van der Waals surface area contributed by atoms with Crippen LogP contribution in [-0.4, -0.2) is 26.0 Å². The highest BCUT2D eigenvalue weighted by atomic mass is 32.2. The van der Waals surface area contributed by atoms with Gasteiger partial charge in [0.1, 0.15) is 0 Å². The van der Waals surface area contributed by atoms with Crippen LogP contribution >= 0.6 is 0 Å². The largest absolute Gasteiger partial charge is 0.363 e. The molecule has 1 saturated carbocycles. The molecule has 0 saturated heterocycles. The highest BCUT2D eigenvalue weighted by Gasteiger charge is 2.33. The molecule has 1 unspecified atom stereocenters. The zero-order valence-corrected chi connectivity index (χ0v) is 14.0. The maximum atomic E-state index is 12.4. The van der Waals surface area contributed by atoms with Crippen molar-refractivity contribution >= 4 is 10.0 Å².